The quantitative estimate of drug-likeness (QED) is 0.467. The topological polar surface area (TPSA) is 0 Å². The van der Waals surface area contributed by atoms with Crippen molar-refractivity contribution in [3.05, 3.63) is 35.9 Å². The van der Waals surface area contributed by atoms with Crippen LogP contribution in [0.1, 0.15) is 44.6 Å². The summed E-state index contributed by atoms with van der Waals surface area (Å²) in [6.07, 6.45) is 7.82. The Morgan fingerprint density at radius 2 is 1.90 bits per heavy atom. The normalized spacial score (nSPS) is 24.3. The van der Waals surface area contributed by atoms with E-state index in [4.69, 9.17) is 0 Å². The second kappa shape index (κ2) is 6.84. The lowest BCUT2D eigenvalue weighted by atomic mass is 9.94. The van der Waals surface area contributed by atoms with Gasteiger partial charge in [0.15, 0.2) is 0 Å². The lowest BCUT2D eigenvalue weighted by Crippen LogP contribution is -2.17. The molecule has 1 saturated carbocycles. The number of rotatable bonds is 6. The van der Waals surface area contributed by atoms with Gasteiger partial charge in [0.25, 0.3) is 0 Å². The van der Waals surface area contributed by atoms with Crippen molar-refractivity contribution < 1.29 is 0 Å². The van der Waals surface area contributed by atoms with Crippen LogP contribution in [0, 0.1) is 22.8 Å². The molecule has 0 heterocycles. The molecular weight excluding hydrogens is 268 g/mol. The van der Waals surface area contributed by atoms with Crippen LogP contribution in [0.4, 0.5) is 0 Å². The average Bonchev–Trinajstić information content (AvgIpc) is 3.15. The molecule has 1 fully saturated rings. The average molecular weight is 299 g/mol. The van der Waals surface area contributed by atoms with Crippen LogP contribution in [0.25, 0.3) is 0 Å². The van der Waals surface area contributed by atoms with Crippen LogP contribution in [0.2, 0.25) is 19.6 Å². The van der Waals surface area contributed by atoms with E-state index in [1.807, 2.05) is 0 Å². The lowest BCUT2D eigenvalue weighted by molar-refractivity contribution is 0.494. The molecule has 21 heavy (non-hydrogen) atoms. The third kappa shape index (κ3) is 5.04. The maximum atomic E-state index is 3.74. The fraction of sp³-hybridized carbons (Fsp3) is 0.600. The third-order valence-corrected chi connectivity index (χ3v) is 5.39. The van der Waals surface area contributed by atoms with E-state index in [0.717, 1.165) is 5.92 Å². The van der Waals surface area contributed by atoms with Gasteiger partial charge in [0.2, 0.25) is 0 Å². The van der Waals surface area contributed by atoms with Gasteiger partial charge in [-0.3, -0.25) is 0 Å². The van der Waals surface area contributed by atoms with E-state index in [2.05, 4.69) is 68.4 Å². The van der Waals surface area contributed by atoms with Crippen molar-refractivity contribution in [2.75, 3.05) is 0 Å². The van der Waals surface area contributed by atoms with Gasteiger partial charge in [-0.15, -0.1) is 11.5 Å². The number of hydrogen-bond donors (Lipinski definition) is 0. The van der Waals surface area contributed by atoms with E-state index in [0.29, 0.717) is 5.41 Å². The highest BCUT2D eigenvalue weighted by molar-refractivity contribution is 6.83. The Hall–Kier alpha value is -1.00. The molecule has 2 atom stereocenters. The van der Waals surface area contributed by atoms with Crippen molar-refractivity contribution >= 4 is 8.07 Å². The first-order valence-electron chi connectivity index (χ1n) is 8.53. The zero-order valence-electron chi connectivity index (χ0n) is 14.2. The van der Waals surface area contributed by atoms with E-state index >= 15 is 0 Å². The molecule has 0 saturated heterocycles. The summed E-state index contributed by atoms with van der Waals surface area (Å²) in [5, 5.41) is 0. The molecule has 2 rings (SSSR count). The molecule has 0 spiro atoms. The Balaban J connectivity index is 1.95. The minimum Gasteiger partial charge on any atom is -0.131 e. The molecular formula is C20H30Si. The van der Waals surface area contributed by atoms with Crippen molar-refractivity contribution in [3.63, 3.8) is 0 Å². The summed E-state index contributed by atoms with van der Waals surface area (Å²) in [6.45, 7) is 9.36. The monoisotopic (exact) mass is 298 g/mol. The van der Waals surface area contributed by atoms with Gasteiger partial charge in [0.1, 0.15) is 8.07 Å². The number of unbranched alkanes of at least 4 members (excludes halogenated alkanes) is 1. The summed E-state index contributed by atoms with van der Waals surface area (Å²) < 4.78 is 0. The highest BCUT2D eigenvalue weighted by Gasteiger charge is 2.51. The van der Waals surface area contributed by atoms with Crippen molar-refractivity contribution in [3.8, 4) is 11.5 Å². The first kappa shape index (κ1) is 16.4. The largest absolute Gasteiger partial charge is 0.131 e. The zero-order chi connectivity index (χ0) is 15.3. The van der Waals surface area contributed by atoms with Crippen LogP contribution >= 0.6 is 0 Å². The number of benzene rings is 1. The van der Waals surface area contributed by atoms with Crippen molar-refractivity contribution in [1.82, 2.24) is 0 Å². The second-order valence-electron chi connectivity index (χ2n) is 7.69. The van der Waals surface area contributed by atoms with E-state index in [9.17, 15) is 0 Å². The van der Waals surface area contributed by atoms with Crippen LogP contribution in [0.15, 0.2) is 30.3 Å². The zero-order valence-corrected chi connectivity index (χ0v) is 15.2. The predicted octanol–water partition coefficient (Wildman–Crippen LogP) is 5.70. The Kier molecular flexibility index (Phi) is 5.33. The Morgan fingerprint density at radius 1 is 1.19 bits per heavy atom. The molecule has 1 aliphatic carbocycles. The molecule has 1 aliphatic rings. The summed E-state index contributed by atoms with van der Waals surface area (Å²) in [5.41, 5.74) is 5.51. The predicted molar refractivity (Wildman–Crippen MR) is 96.0 cm³/mol. The standard InChI is InChI=1S/C20H30Si/c1-5-6-14-20(15-16-21(2,3)4)17-19(20)13-12-18-10-8-7-9-11-18/h7-11,19H,5-6,12-14,17H2,1-4H3. The fourth-order valence-electron chi connectivity index (χ4n) is 3.07. The first-order chi connectivity index (χ1) is 9.95. The van der Waals surface area contributed by atoms with E-state index in [1.165, 1.54) is 44.1 Å². The molecule has 1 aromatic carbocycles. The van der Waals surface area contributed by atoms with Crippen molar-refractivity contribution in [2.24, 2.45) is 11.3 Å². The van der Waals surface area contributed by atoms with Gasteiger partial charge in [0.05, 0.1) is 0 Å². The van der Waals surface area contributed by atoms with Gasteiger partial charge < -0.3 is 0 Å². The summed E-state index contributed by atoms with van der Waals surface area (Å²) in [7, 11) is -1.24. The molecule has 0 bridgehead atoms. The minimum absolute atomic E-state index is 0.380. The Morgan fingerprint density at radius 3 is 2.52 bits per heavy atom. The van der Waals surface area contributed by atoms with Crippen LogP contribution in [-0.4, -0.2) is 8.07 Å². The Labute approximate surface area is 132 Å². The smallest absolute Gasteiger partial charge is 0.129 e. The van der Waals surface area contributed by atoms with Crippen molar-refractivity contribution in [2.45, 2.75) is 65.1 Å². The molecule has 0 aromatic heterocycles. The molecule has 0 radical (unpaired) electrons. The van der Waals surface area contributed by atoms with Crippen LogP contribution in [0.3, 0.4) is 0 Å². The summed E-state index contributed by atoms with van der Waals surface area (Å²) >= 11 is 0. The number of aryl methyl sites for hydroxylation is 1. The Bertz CT molecular complexity index is 500. The maximum Gasteiger partial charge on any atom is 0.129 e. The highest BCUT2D eigenvalue weighted by Crippen LogP contribution is 2.57. The van der Waals surface area contributed by atoms with Gasteiger partial charge in [0, 0.05) is 5.41 Å². The highest BCUT2D eigenvalue weighted by atomic mass is 28.3. The first-order valence-corrected chi connectivity index (χ1v) is 12.0. The molecule has 2 unspecified atom stereocenters. The fourth-order valence-corrected chi connectivity index (χ4v) is 3.69. The van der Waals surface area contributed by atoms with Crippen LogP contribution in [-0.2, 0) is 6.42 Å². The maximum absolute atomic E-state index is 3.74. The van der Waals surface area contributed by atoms with Crippen LogP contribution < -0.4 is 0 Å². The lowest BCUT2D eigenvalue weighted by Gasteiger charge is -2.12. The van der Waals surface area contributed by atoms with E-state index < -0.39 is 8.07 Å². The third-order valence-electron chi connectivity index (χ3n) is 4.52. The second-order valence-corrected chi connectivity index (χ2v) is 12.4. The van der Waals surface area contributed by atoms with Crippen LogP contribution in [0.5, 0.6) is 0 Å². The molecule has 114 valence electrons. The van der Waals surface area contributed by atoms with Gasteiger partial charge in [-0.05, 0) is 37.2 Å². The molecule has 1 heteroatoms. The van der Waals surface area contributed by atoms with Gasteiger partial charge in [-0.25, -0.2) is 0 Å². The van der Waals surface area contributed by atoms with Gasteiger partial charge in [-0.2, -0.15) is 0 Å². The molecule has 1 aromatic rings. The molecule has 0 nitrogen and oxygen atoms in total. The molecule has 0 aliphatic heterocycles. The molecule has 0 N–H and O–H groups in total. The van der Waals surface area contributed by atoms with E-state index in [1.54, 1.807) is 0 Å². The van der Waals surface area contributed by atoms with Gasteiger partial charge >= 0.3 is 0 Å². The SMILES string of the molecule is CCCCC1(C#C[Si](C)(C)C)CC1CCc1ccccc1. The molecule has 0 amide bonds. The number of hydrogen-bond acceptors (Lipinski definition) is 0. The minimum atomic E-state index is -1.24. The summed E-state index contributed by atoms with van der Waals surface area (Å²) in [4.78, 5) is 0. The van der Waals surface area contributed by atoms with Crippen molar-refractivity contribution in [1.29, 1.82) is 0 Å². The van der Waals surface area contributed by atoms with E-state index in [-0.39, 0.29) is 0 Å². The summed E-state index contributed by atoms with van der Waals surface area (Å²) in [6, 6.07) is 10.9. The summed E-state index contributed by atoms with van der Waals surface area (Å²) in [5.74, 6) is 4.58. The van der Waals surface area contributed by atoms with Gasteiger partial charge in [-0.1, -0.05) is 69.7 Å².